The molecule has 0 saturated carbocycles. The van der Waals surface area contributed by atoms with Crippen LogP contribution >= 0.6 is 15.9 Å². The summed E-state index contributed by atoms with van der Waals surface area (Å²) < 4.78 is 27.4. The van der Waals surface area contributed by atoms with Crippen LogP contribution in [-0.2, 0) is 10.0 Å². The Morgan fingerprint density at radius 1 is 1.04 bits per heavy atom. The van der Waals surface area contributed by atoms with Gasteiger partial charge in [-0.25, -0.2) is 12.4 Å². The molecule has 0 saturated heterocycles. The first-order valence-electron chi connectivity index (χ1n) is 7.22. The highest BCUT2D eigenvalue weighted by atomic mass is 79.9. The molecule has 0 N–H and O–H groups in total. The normalized spacial score (nSPS) is 12.0. The summed E-state index contributed by atoms with van der Waals surface area (Å²) in [6.45, 7) is 0. The number of carbonyl (C=O) groups excluding carboxylic acids is 1. The molecule has 0 amide bonds. The number of para-hydroxylation sites is 1. The van der Waals surface area contributed by atoms with Gasteiger partial charge in [0.15, 0.2) is 6.29 Å². The van der Waals surface area contributed by atoms with E-state index in [0.29, 0.717) is 11.8 Å². The maximum atomic E-state index is 12.7. The molecule has 122 valence electrons. The zero-order chi connectivity index (χ0) is 17.2. The molecule has 0 atom stereocenters. The highest BCUT2D eigenvalue weighted by Gasteiger charge is 2.19. The molecule has 0 fully saturated rings. The summed E-state index contributed by atoms with van der Waals surface area (Å²) in [6, 6.07) is 16.2. The van der Waals surface area contributed by atoms with Gasteiger partial charge in [0.25, 0.3) is 0 Å². The second-order valence-corrected chi connectivity index (χ2v) is 8.02. The fourth-order valence-corrected chi connectivity index (χ4v) is 4.13. The Hall–Kier alpha value is -2.18. The van der Waals surface area contributed by atoms with Crippen LogP contribution in [0.25, 0.3) is 17.0 Å². The summed E-state index contributed by atoms with van der Waals surface area (Å²) >= 11 is 3.35. The van der Waals surface area contributed by atoms with Gasteiger partial charge in [-0.1, -0.05) is 58.4 Å². The fourth-order valence-electron chi connectivity index (χ4n) is 2.50. The molecular weight excluding hydrogens is 390 g/mol. The van der Waals surface area contributed by atoms with Crippen LogP contribution in [0.3, 0.4) is 0 Å². The van der Waals surface area contributed by atoms with Gasteiger partial charge in [0.2, 0.25) is 10.0 Å². The number of aromatic nitrogens is 1. The van der Waals surface area contributed by atoms with Crippen molar-refractivity contribution < 1.29 is 13.2 Å². The molecule has 0 aliphatic heterocycles. The monoisotopic (exact) mass is 403 g/mol. The van der Waals surface area contributed by atoms with Crippen LogP contribution in [0.1, 0.15) is 16.1 Å². The van der Waals surface area contributed by atoms with Crippen molar-refractivity contribution in [2.75, 3.05) is 5.75 Å². The van der Waals surface area contributed by atoms with E-state index in [9.17, 15) is 13.2 Å². The fraction of sp³-hybridized carbons (Fsp3) is 0.0556. The first-order valence-corrected chi connectivity index (χ1v) is 9.62. The van der Waals surface area contributed by atoms with Crippen LogP contribution in [0.2, 0.25) is 0 Å². The molecule has 6 heteroatoms. The van der Waals surface area contributed by atoms with E-state index < -0.39 is 10.0 Å². The van der Waals surface area contributed by atoms with Gasteiger partial charge in [-0.3, -0.25) is 4.79 Å². The summed E-state index contributed by atoms with van der Waals surface area (Å²) in [5, 5.41) is 0.722. The Morgan fingerprint density at radius 2 is 1.75 bits per heavy atom. The third-order valence-corrected chi connectivity index (χ3v) is 5.69. The molecular formula is C18H14BrNO3S. The first kappa shape index (κ1) is 16.7. The lowest BCUT2D eigenvalue weighted by atomic mass is 10.2. The molecule has 0 aliphatic carbocycles. The van der Waals surface area contributed by atoms with Crippen molar-refractivity contribution in [3.63, 3.8) is 0 Å². The van der Waals surface area contributed by atoms with Crippen LogP contribution in [0, 0.1) is 0 Å². The number of aldehydes is 1. The molecule has 3 rings (SSSR count). The Morgan fingerprint density at radius 3 is 2.46 bits per heavy atom. The summed E-state index contributed by atoms with van der Waals surface area (Å²) in [7, 11) is -3.68. The summed E-state index contributed by atoms with van der Waals surface area (Å²) in [5.74, 6) is -0.192. The third-order valence-electron chi connectivity index (χ3n) is 3.58. The van der Waals surface area contributed by atoms with Gasteiger partial charge >= 0.3 is 0 Å². The van der Waals surface area contributed by atoms with E-state index in [4.69, 9.17) is 0 Å². The van der Waals surface area contributed by atoms with Gasteiger partial charge in [0, 0.05) is 9.86 Å². The van der Waals surface area contributed by atoms with Gasteiger partial charge < -0.3 is 0 Å². The lowest BCUT2D eigenvalue weighted by Crippen LogP contribution is -2.17. The van der Waals surface area contributed by atoms with Crippen molar-refractivity contribution in [2.24, 2.45) is 0 Å². The predicted octanol–water partition coefficient (Wildman–Crippen LogP) is 4.11. The number of carbonyl (C=O) groups is 1. The van der Waals surface area contributed by atoms with Gasteiger partial charge in [-0.15, -0.1) is 0 Å². The maximum absolute atomic E-state index is 12.7. The molecule has 0 bridgehead atoms. The molecule has 0 aliphatic rings. The minimum atomic E-state index is -3.68. The zero-order valence-corrected chi connectivity index (χ0v) is 15.0. The molecule has 0 spiro atoms. The van der Waals surface area contributed by atoms with E-state index >= 15 is 0 Å². The molecule has 3 aromatic rings. The minimum Gasteiger partial charge on any atom is -0.296 e. The summed E-state index contributed by atoms with van der Waals surface area (Å²) in [4.78, 5) is 11.3. The molecule has 2 aromatic carbocycles. The van der Waals surface area contributed by atoms with E-state index in [1.165, 1.54) is 0 Å². The van der Waals surface area contributed by atoms with Gasteiger partial charge in [0.1, 0.15) is 0 Å². The summed E-state index contributed by atoms with van der Waals surface area (Å²) in [6.07, 6.45) is 3.90. The van der Waals surface area contributed by atoms with Crippen LogP contribution in [0.15, 0.2) is 65.1 Å². The zero-order valence-electron chi connectivity index (χ0n) is 12.6. The van der Waals surface area contributed by atoms with Gasteiger partial charge in [-0.2, -0.15) is 0 Å². The Labute approximate surface area is 148 Å². The highest BCUT2D eigenvalue weighted by molar-refractivity contribution is 9.10. The van der Waals surface area contributed by atoms with Crippen molar-refractivity contribution in [3.05, 3.63) is 76.4 Å². The lowest BCUT2D eigenvalue weighted by molar-refractivity contribution is 0.111. The maximum Gasteiger partial charge on any atom is 0.243 e. The number of rotatable bonds is 5. The van der Waals surface area contributed by atoms with E-state index in [0.717, 1.165) is 19.4 Å². The number of nitrogens with zero attached hydrogens (tertiary/aromatic N) is 1. The lowest BCUT2D eigenvalue weighted by Gasteiger charge is -2.07. The highest BCUT2D eigenvalue weighted by Crippen LogP contribution is 2.21. The van der Waals surface area contributed by atoms with Crippen molar-refractivity contribution in [1.82, 2.24) is 3.97 Å². The quantitative estimate of drug-likeness (QED) is 0.602. The SMILES string of the molecule is O=Cc1cc2ccccc2n1S(=O)(=O)CC=Cc1ccc(Br)cc1. The Bertz CT molecular complexity index is 1020. The molecule has 0 unspecified atom stereocenters. The van der Waals surface area contributed by atoms with Crippen molar-refractivity contribution >= 4 is 49.2 Å². The minimum absolute atomic E-state index is 0.133. The second-order valence-electron chi connectivity index (χ2n) is 5.24. The average Bonchev–Trinajstić information content (AvgIpc) is 2.96. The smallest absolute Gasteiger partial charge is 0.243 e. The second kappa shape index (κ2) is 6.75. The topological polar surface area (TPSA) is 56.1 Å². The number of benzene rings is 2. The van der Waals surface area contributed by atoms with Gasteiger partial charge in [-0.05, 0) is 29.8 Å². The Kier molecular flexibility index (Phi) is 4.69. The first-order chi connectivity index (χ1) is 11.5. The number of hydrogen-bond acceptors (Lipinski definition) is 3. The molecule has 24 heavy (non-hydrogen) atoms. The Balaban J connectivity index is 1.93. The largest absolute Gasteiger partial charge is 0.296 e. The standard InChI is InChI=1S/C18H14BrNO3S/c19-16-9-7-14(8-10-16)4-3-11-24(22,23)20-17(13-21)12-15-5-1-2-6-18(15)20/h1-10,12-13H,11H2. The van der Waals surface area contributed by atoms with Crippen molar-refractivity contribution in [2.45, 2.75) is 0 Å². The molecule has 0 radical (unpaired) electrons. The van der Waals surface area contributed by atoms with Crippen LogP contribution in [0.5, 0.6) is 0 Å². The van der Waals surface area contributed by atoms with E-state index in [1.54, 1.807) is 42.5 Å². The summed E-state index contributed by atoms with van der Waals surface area (Å²) in [5.41, 5.74) is 1.55. The van der Waals surface area contributed by atoms with Gasteiger partial charge in [0.05, 0.1) is 17.0 Å². The van der Waals surface area contributed by atoms with E-state index in [1.807, 2.05) is 24.3 Å². The molecule has 1 aromatic heterocycles. The predicted molar refractivity (Wildman–Crippen MR) is 99.7 cm³/mol. The van der Waals surface area contributed by atoms with E-state index in [2.05, 4.69) is 15.9 Å². The third kappa shape index (κ3) is 3.34. The average molecular weight is 404 g/mol. The van der Waals surface area contributed by atoms with E-state index in [-0.39, 0.29) is 11.4 Å². The van der Waals surface area contributed by atoms with Crippen molar-refractivity contribution in [1.29, 1.82) is 0 Å². The number of hydrogen-bond donors (Lipinski definition) is 0. The molecule has 4 nitrogen and oxygen atoms in total. The van der Waals surface area contributed by atoms with Crippen LogP contribution in [0.4, 0.5) is 0 Å². The number of halogens is 1. The number of fused-ring (bicyclic) bond motifs is 1. The van der Waals surface area contributed by atoms with Crippen molar-refractivity contribution in [3.8, 4) is 0 Å². The molecule has 1 heterocycles. The van der Waals surface area contributed by atoms with Crippen LogP contribution in [-0.4, -0.2) is 24.4 Å². The van der Waals surface area contributed by atoms with Crippen LogP contribution < -0.4 is 0 Å².